The third-order valence-electron chi connectivity index (χ3n) is 5.06. The molecule has 1 aliphatic rings. The fourth-order valence-corrected chi connectivity index (χ4v) is 2.89. The highest BCUT2D eigenvalue weighted by Crippen LogP contribution is 2.27. The number of amides is 1. The van der Waals surface area contributed by atoms with Crippen molar-refractivity contribution in [1.82, 2.24) is 10.2 Å². The number of hydrogen-bond donors (Lipinski definition) is 5. The van der Waals surface area contributed by atoms with Gasteiger partial charge in [0.05, 0.1) is 51.5 Å². The van der Waals surface area contributed by atoms with E-state index in [9.17, 15) is 24.2 Å². The lowest BCUT2D eigenvalue weighted by atomic mass is 9.93. The van der Waals surface area contributed by atoms with Crippen LogP contribution in [-0.2, 0) is 19.1 Å². The van der Waals surface area contributed by atoms with Gasteiger partial charge in [-0.15, -0.1) is 0 Å². The summed E-state index contributed by atoms with van der Waals surface area (Å²) in [7, 11) is 1.42. The maximum atomic E-state index is 14.8. The second kappa shape index (κ2) is 11.8. The molecule has 0 unspecified atom stereocenters. The molecule has 1 aliphatic heterocycles. The van der Waals surface area contributed by atoms with Gasteiger partial charge in [0.25, 0.3) is 5.17 Å². The van der Waals surface area contributed by atoms with Crippen molar-refractivity contribution in [2.24, 2.45) is 17.0 Å². The SMILES string of the molecule is COC(=S)NC/C(N)=C/N(N)c1ccc(N2CC(=O)N(COC(=O)C(C)(CO)CO)C2)c(F)c1. The minimum atomic E-state index is -1.48. The van der Waals surface area contributed by atoms with E-state index in [1.54, 1.807) is 6.07 Å². The zero-order valence-corrected chi connectivity index (χ0v) is 19.7. The number of nitrogens with two attached hydrogens (primary N) is 2. The average molecular weight is 501 g/mol. The number of nitrogens with zero attached hydrogens (tertiary/aromatic N) is 3. The standard InChI is InChI=1S/C20H29FN6O6S/c1-20(9-28,10-29)18(31)33-12-26-11-25(8-17(26)30)16-4-3-14(5-15(16)21)27(23)7-13(22)6-24-19(34)32-2/h3-5,7,28-29H,6,8-12,22-23H2,1-2H3,(H,24,34)/b13-7-. The summed E-state index contributed by atoms with van der Waals surface area (Å²) in [6.45, 7) is -0.278. The van der Waals surface area contributed by atoms with E-state index < -0.39 is 37.1 Å². The van der Waals surface area contributed by atoms with Crippen LogP contribution in [0.4, 0.5) is 15.8 Å². The zero-order chi connectivity index (χ0) is 25.5. The highest BCUT2D eigenvalue weighted by atomic mass is 32.1. The van der Waals surface area contributed by atoms with Crippen LogP contribution in [0, 0.1) is 11.2 Å². The molecule has 14 heteroatoms. The summed E-state index contributed by atoms with van der Waals surface area (Å²) in [5, 5.41) is 22.6. The monoisotopic (exact) mass is 500 g/mol. The molecule has 0 aliphatic carbocycles. The number of esters is 1. The molecule has 0 saturated carbocycles. The molecule has 0 aromatic heterocycles. The normalized spacial score (nSPS) is 14.3. The number of aliphatic hydroxyl groups excluding tert-OH is 2. The van der Waals surface area contributed by atoms with Crippen LogP contribution in [0.25, 0.3) is 0 Å². The molecule has 1 heterocycles. The lowest BCUT2D eigenvalue weighted by molar-refractivity contribution is -0.165. The summed E-state index contributed by atoms with van der Waals surface area (Å²) in [4.78, 5) is 27.0. The maximum absolute atomic E-state index is 14.8. The van der Waals surface area contributed by atoms with Crippen LogP contribution in [-0.4, -0.2) is 79.0 Å². The maximum Gasteiger partial charge on any atom is 0.318 e. The van der Waals surface area contributed by atoms with Crippen molar-refractivity contribution < 1.29 is 33.7 Å². The van der Waals surface area contributed by atoms with Crippen molar-refractivity contribution in [1.29, 1.82) is 0 Å². The van der Waals surface area contributed by atoms with E-state index >= 15 is 0 Å². The predicted molar refractivity (Wildman–Crippen MR) is 125 cm³/mol. The van der Waals surface area contributed by atoms with Crippen molar-refractivity contribution >= 4 is 40.6 Å². The largest absolute Gasteiger partial charge is 0.474 e. The van der Waals surface area contributed by atoms with E-state index in [-0.39, 0.29) is 36.5 Å². The quantitative estimate of drug-likeness (QED) is 0.114. The number of aliphatic hydroxyl groups is 2. The number of rotatable bonds is 10. The molecule has 7 N–H and O–H groups in total. The third-order valence-corrected chi connectivity index (χ3v) is 5.37. The van der Waals surface area contributed by atoms with Gasteiger partial charge >= 0.3 is 5.97 Å². The fraction of sp³-hybridized carbons (Fsp3) is 0.450. The van der Waals surface area contributed by atoms with E-state index in [1.807, 2.05) is 0 Å². The van der Waals surface area contributed by atoms with Crippen LogP contribution in [0.2, 0.25) is 0 Å². The molecular formula is C20H29FN6O6S. The lowest BCUT2D eigenvalue weighted by Crippen LogP contribution is -2.40. The van der Waals surface area contributed by atoms with Gasteiger partial charge in [-0.05, 0) is 31.3 Å². The van der Waals surface area contributed by atoms with Gasteiger partial charge in [0, 0.05) is 18.0 Å². The Balaban J connectivity index is 2.01. The molecule has 1 saturated heterocycles. The lowest BCUT2D eigenvalue weighted by Gasteiger charge is -2.25. The van der Waals surface area contributed by atoms with E-state index in [0.717, 1.165) is 5.01 Å². The molecule has 1 aromatic rings. The van der Waals surface area contributed by atoms with Crippen LogP contribution in [0.3, 0.4) is 0 Å². The Kier molecular flexibility index (Phi) is 9.37. The summed E-state index contributed by atoms with van der Waals surface area (Å²) in [5.41, 5.74) is 5.16. The second-order valence-corrected chi connectivity index (χ2v) is 8.17. The van der Waals surface area contributed by atoms with Gasteiger partial charge in [-0.3, -0.25) is 19.5 Å². The van der Waals surface area contributed by atoms with Crippen LogP contribution < -0.4 is 26.8 Å². The first-order chi connectivity index (χ1) is 16.0. The number of hydrogen-bond acceptors (Lipinski definition) is 11. The minimum absolute atomic E-state index is 0.0262. The second-order valence-electron chi connectivity index (χ2n) is 7.80. The van der Waals surface area contributed by atoms with Crippen LogP contribution in [0.1, 0.15) is 6.92 Å². The minimum Gasteiger partial charge on any atom is -0.474 e. The van der Waals surface area contributed by atoms with Gasteiger partial charge in [-0.2, -0.15) is 0 Å². The fourth-order valence-electron chi connectivity index (χ4n) is 2.82. The molecule has 34 heavy (non-hydrogen) atoms. The molecule has 0 bridgehead atoms. The van der Waals surface area contributed by atoms with Gasteiger partial charge < -0.3 is 35.6 Å². The smallest absolute Gasteiger partial charge is 0.318 e. The Morgan fingerprint density at radius 3 is 2.68 bits per heavy atom. The van der Waals surface area contributed by atoms with E-state index in [0.29, 0.717) is 11.4 Å². The van der Waals surface area contributed by atoms with E-state index in [4.69, 9.17) is 33.3 Å². The van der Waals surface area contributed by atoms with Gasteiger partial charge in [0.1, 0.15) is 11.2 Å². The Morgan fingerprint density at radius 1 is 1.41 bits per heavy atom. The molecule has 1 fully saturated rings. The number of thiocarbonyl (C=S) groups is 1. The Morgan fingerprint density at radius 2 is 2.09 bits per heavy atom. The number of nitrogens with one attached hydrogen (secondary N) is 1. The Labute approximate surface area is 201 Å². The van der Waals surface area contributed by atoms with Gasteiger partial charge in [0.2, 0.25) is 5.91 Å². The summed E-state index contributed by atoms with van der Waals surface area (Å²) in [5.74, 6) is 4.07. The Hall–Kier alpha value is -3.20. The predicted octanol–water partition coefficient (Wildman–Crippen LogP) is -1.08. The molecule has 188 valence electrons. The molecular weight excluding hydrogens is 471 g/mol. The van der Waals surface area contributed by atoms with E-state index in [2.05, 4.69) is 5.32 Å². The van der Waals surface area contributed by atoms with Crippen molar-refractivity contribution in [2.75, 3.05) is 56.7 Å². The van der Waals surface area contributed by atoms with Crippen LogP contribution in [0.15, 0.2) is 30.1 Å². The first-order valence-corrected chi connectivity index (χ1v) is 10.5. The molecule has 0 radical (unpaired) electrons. The first kappa shape index (κ1) is 27.0. The van der Waals surface area contributed by atoms with Gasteiger partial charge in [0.15, 0.2) is 6.73 Å². The number of ether oxygens (including phenoxy) is 2. The van der Waals surface area contributed by atoms with Crippen molar-refractivity contribution in [3.63, 3.8) is 0 Å². The molecule has 0 spiro atoms. The molecule has 1 aromatic carbocycles. The molecule has 12 nitrogen and oxygen atoms in total. The summed E-state index contributed by atoms with van der Waals surface area (Å²) in [6.07, 6.45) is 1.39. The number of carbonyl (C=O) groups is 2. The highest BCUT2D eigenvalue weighted by Gasteiger charge is 2.36. The van der Waals surface area contributed by atoms with Crippen molar-refractivity contribution in [2.45, 2.75) is 6.92 Å². The van der Waals surface area contributed by atoms with Gasteiger partial charge in [-0.25, -0.2) is 10.2 Å². The van der Waals surface area contributed by atoms with Crippen molar-refractivity contribution in [3.8, 4) is 0 Å². The summed E-state index contributed by atoms with van der Waals surface area (Å²) < 4.78 is 24.7. The zero-order valence-electron chi connectivity index (χ0n) is 18.9. The average Bonchev–Trinajstić information content (AvgIpc) is 3.19. The topological polar surface area (TPSA) is 167 Å². The van der Waals surface area contributed by atoms with Crippen LogP contribution in [0.5, 0.6) is 0 Å². The number of anilines is 2. The van der Waals surface area contributed by atoms with E-state index in [1.165, 1.54) is 42.2 Å². The number of methoxy groups -OCH3 is 1. The first-order valence-electron chi connectivity index (χ1n) is 10.1. The number of carbonyl (C=O) groups excluding carboxylic acids is 2. The number of hydrazine groups is 1. The third kappa shape index (κ3) is 6.66. The van der Waals surface area contributed by atoms with Crippen molar-refractivity contribution in [3.05, 3.63) is 35.9 Å². The molecule has 1 amide bonds. The number of benzene rings is 1. The Bertz CT molecular complexity index is 944. The van der Waals surface area contributed by atoms with Crippen LogP contribution >= 0.6 is 12.2 Å². The van der Waals surface area contributed by atoms with Gasteiger partial charge in [-0.1, -0.05) is 0 Å². The number of halogens is 1. The molecule has 0 atom stereocenters. The summed E-state index contributed by atoms with van der Waals surface area (Å²) >= 11 is 4.85. The summed E-state index contributed by atoms with van der Waals surface area (Å²) in [6, 6.07) is 4.20. The highest BCUT2D eigenvalue weighted by molar-refractivity contribution is 7.80. The molecule has 2 rings (SSSR count).